The van der Waals surface area contributed by atoms with E-state index in [4.69, 9.17) is 16.3 Å². The second-order valence-electron chi connectivity index (χ2n) is 5.47. The molecule has 2 aromatic rings. The quantitative estimate of drug-likeness (QED) is 0.884. The van der Waals surface area contributed by atoms with Crippen LogP contribution in [0.5, 0.6) is 5.75 Å². The third kappa shape index (κ3) is 4.21. The van der Waals surface area contributed by atoms with Crippen molar-refractivity contribution in [1.29, 1.82) is 0 Å². The van der Waals surface area contributed by atoms with Crippen molar-refractivity contribution in [3.63, 3.8) is 0 Å². The van der Waals surface area contributed by atoms with Crippen LogP contribution in [-0.4, -0.2) is 24.0 Å². The van der Waals surface area contributed by atoms with Crippen LogP contribution in [0.15, 0.2) is 42.7 Å². The van der Waals surface area contributed by atoms with Crippen LogP contribution in [0.4, 0.5) is 5.69 Å². The van der Waals surface area contributed by atoms with E-state index in [0.717, 1.165) is 25.1 Å². The predicted octanol–water partition coefficient (Wildman–Crippen LogP) is 2.86. The Morgan fingerprint density at radius 2 is 2.35 bits per heavy atom. The summed E-state index contributed by atoms with van der Waals surface area (Å²) in [6, 6.07) is 9.06. The highest BCUT2D eigenvalue weighted by Gasteiger charge is 2.22. The van der Waals surface area contributed by atoms with E-state index in [0.29, 0.717) is 23.1 Å². The van der Waals surface area contributed by atoms with Crippen LogP contribution in [0.3, 0.4) is 0 Å². The van der Waals surface area contributed by atoms with Crippen LogP contribution in [0, 0.1) is 5.92 Å². The smallest absolute Gasteiger partial charge is 0.228 e. The Bertz CT molecular complexity index is 673. The maximum atomic E-state index is 12.1. The zero-order valence-corrected chi connectivity index (χ0v) is 13.3. The van der Waals surface area contributed by atoms with Crippen molar-refractivity contribution in [1.82, 2.24) is 10.3 Å². The van der Waals surface area contributed by atoms with E-state index in [1.54, 1.807) is 30.6 Å². The molecule has 0 bridgehead atoms. The topological polar surface area (TPSA) is 63.2 Å². The van der Waals surface area contributed by atoms with Gasteiger partial charge in [-0.2, -0.15) is 0 Å². The molecule has 1 saturated heterocycles. The first-order valence-electron chi connectivity index (χ1n) is 7.55. The number of carbonyl (C=O) groups excluding carboxylic acids is 1. The first-order chi connectivity index (χ1) is 11.2. The molecule has 5 nitrogen and oxygen atoms in total. The number of nitrogens with one attached hydrogen (secondary N) is 2. The average Bonchev–Trinajstić information content (AvgIpc) is 3.10. The fraction of sp³-hybridized carbons (Fsp3) is 0.294. The number of hydrogen-bond acceptors (Lipinski definition) is 4. The third-order valence-corrected chi connectivity index (χ3v) is 4.04. The number of pyridine rings is 1. The third-order valence-electron chi connectivity index (χ3n) is 3.75. The van der Waals surface area contributed by atoms with E-state index in [1.807, 2.05) is 12.1 Å². The number of amides is 1. The van der Waals surface area contributed by atoms with Gasteiger partial charge in [0.25, 0.3) is 0 Å². The number of rotatable bonds is 5. The Morgan fingerprint density at radius 1 is 1.43 bits per heavy atom. The molecule has 0 spiro atoms. The predicted molar refractivity (Wildman–Crippen MR) is 89.6 cm³/mol. The van der Waals surface area contributed by atoms with E-state index in [-0.39, 0.29) is 11.8 Å². The van der Waals surface area contributed by atoms with Gasteiger partial charge < -0.3 is 15.4 Å². The number of halogens is 1. The maximum Gasteiger partial charge on any atom is 0.228 e. The molecule has 0 saturated carbocycles. The largest absolute Gasteiger partial charge is 0.487 e. The summed E-state index contributed by atoms with van der Waals surface area (Å²) in [5, 5.41) is 6.55. The highest BCUT2D eigenvalue weighted by atomic mass is 35.5. The van der Waals surface area contributed by atoms with E-state index in [1.165, 1.54) is 0 Å². The van der Waals surface area contributed by atoms with Gasteiger partial charge in [-0.1, -0.05) is 17.7 Å². The van der Waals surface area contributed by atoms with E-state index >= 15 is 0 Å². The minimum Gasteiger partial charge on any atom is -0.487 e. The summed E-state index contributed by atoms with van der Waals surface area (Å²) in [7, 11) is 0. The van der Waals surface area contributed by atoms with Crippen LogP contribution in [0.2, 0.25) is 5.02 Å². The van der Waals surface area contributed by atoms with Gasteiger partial charge in [-0.25, -0.2) is 0 Å². The first-order valence-corrected chi connectivity index (χ1v) is 7.93. The summed E-state index contributed by atoms with van der Waals surface area (Å²) in [4.78, 5) is 16.1. The van der Waals surface area contributed by atoms with Crippen LogP contribution >= 0.6 is 11.6 Å². The SMILES string of the molecule is O=C(Nc1ccc(OCc2cccnc2)c(Cl)c1)C1CCNC1. The molecule has 0 aliphatic carbocycles. The molecular formula is C17H18ClN3O2. The lowest BCUT2D eigenvalue weighted by Crippen LogP contribution is -2.24. The van der Waals surface area contributed by atoms with Crippen molar-refractivity contribution in [2.24, 2.45) is 5.92 Å². The van der Waals surface area contributed by atoms with Crippen molar-refractivity contribution in [3.8, 4) is 5.75 Å². The fourth-order valence-corrected chi connectivity index (χ4v) is 2.70. The Labute approximate surface area is 140 Å². The number of ether oxygens (including phenoxy) is 1. The molecular weight excluding hydrogens is 314 g/mol. The van der Waals surface area contributed by atoms with E-state index in [9.17, 15) is 4.79 Å². The molecule has 3 rings (SSSR count). The van der Waals surface area contributed by atoms with Crippen molar-refractivity contribution in [2.75, 3.05) is 18.4 Å². The monoisotopic (exact) mass is 331 g/mol. The second-order valence-corrected chi connectivity index (χ2v) is 5.88. The van der Waals surface area contributed by atoms with Crippen molar-refractivity contribution < 1.29 is 9.53 Å². The molecule has 1 aliphatic rings. The van der Waals surface area contributed by atoms with Crippen LogP contribution < -0.4 is 15.4 Å². The minimum absolute atomic E-state index is 0.0232. The summed E-state index contributed by atoms with van der Waals surface area (Å²) in [6.07, 6.45) is 4.33. The Balaban J connectivity index is 1.60. The molecule has 1 aromatic heterocycles. The van der Waals surface area contributed by atoms with Gasteiger partial charge in [-0.05, 0) is 37.2 Å². The standard InChI is InChI=1S/C17H18ClN3O2/c18-15-8-14(21-17(22)13-5-7-20-10-13)3-4-16(15)23-11-12-2-1-6-19-9-12/h1-4,6,8-9,13,20H,5,7,10-11H2,(H,21,22). The lowest BCUT2D eigenvalue weighted by Gasteiger charge is -2.12. The van der Waals surface area contributed by atoms with Gasteiger partial charge in [0.1, 0.15) is 12.4 Å². The van der Waals surface area contributed by atoms with Gasteiger partial charge >= 0.3 is 0 Å². The number of anilines is 1. The molecule has 1 aliphatic heterocycles. The summed E-state index contributed by atoms with van der Waals surface area (Å²) in [5.41, 5.74) is 1.65. The number of hydrogen-bond donors (Lipinski definition) is 2. The molecule has 120 valence electrons. The minimum atomic E-state index is 0.0232. The molecule has 2 N–H and O–H groups in total. The van der Waals surface area contributed by atoms with E-state index < -0.39 is 0 Å². The van der Waals surface area contributed by atoms with Gasteiger partial charge in [0, 0.05) is 30.2 Å². The van der Waals surface area contributed by atoms with Crippen molar-refractivity contribution in [2.45, 2.75) is 13.0 Å². The molecule has 1 aromatic carbocycles. The molecule has 1 atom stereocenters. The highest BCUT2D eigenvalue weighted by Crippen LogP contribution is 2.28. The van der Waals surface area contributed by atoms with Gasteiger partial charge in [0.05, 0.1) is 10.9 Å². The highest BCUT2D eigenvalue weighted by molar-refractivity contribution is 6.32. The zero-order valence-electron chi connectivity index (χ0n) is 12.6. The number of carbonyl (C=O) groups is 1. The summed E-state index contributed by atoms with van der Waals surface area (Å²) >= 11 is 6.23. The fourth-order valence-electron chi connectivity index (χ4n) is 2.46. The second kappa shape index (κ2) is 7.44. The van der Waals surface area contributed by atoms with E-state index in [2.05, 4.69) is 15.6 Å². The normalized spacial score (nSPS) is 17.0. The molecule has 1 unspecified atom stereocenters. The van der Waals surface area contributed by atoms with Gasteiger partial charge in [-0.15, -0.1) is 0 Å². The van der Waals surface area contributed by atoms with Crippen LogP contribution in [-0.2, 0) is 11.4 Å². The Kier molecular flexibility index (Phi) is 5.10. The van der Waals surface area contributed by atoms with Crippen LogP contribution in [0.1, 0.15) is 12.0 Å². The first kappa shape index (κ1) is 15.8. The van der Waals surface area contributed by atoms with Gasteiger partial charge in [0.15, 0.2) is 0 Å². The molecule has 1 amide bonds. The number of nitrogens with zero attached hydrogens (tertiary/aromatic N) is 1. The number of aromatic nitrogens is 1. The lowest BCUT2D eigenvalue weighted by molar-refractivity contribution is -0.119. The van der Waals surface area contributed by atoms with Gasteiger partial charge in [-0.3, -0.25) is 9.78 Å². The Hall–Kier alpha value is -2.11. The summed E-state index contributed by atoms with van der Waals surface area (Å²) < 4.78 is 5.69. The molecule has 2 heterocycles. The van der Waals surface area contributed by atoms with Crippen molar-refractivity contribution >= 4 is 23.2 Å². The van der Waals surface area contributed by atoms with Gasteiger partial charge in [0.2, 0.25) is 5.91 Å². The van der Waals surface area contributed by atoms with Crippen molar-refractivity contribution in [3.05, 3.63) is 53.3 Å². The molecule has 6 heteroatoms. The van der Waals surface area contributed by atoms with Crippen LogP contribution in [0.25, 0.3) is 0 Å². The average molecular weight is 332 g/mol. The zero-order chi connectivity index (χ0) is 16.1. The molecule has 0 radical (unpaired) electrons. The molecule has 1 fully saturated rings. The maximum absolute atomic E-state index is 12.1. The lowest BCUT2D eigenvalue weighted by atomic mass is 10.1. The summed E-state index contributed by atoms with van der Waals surface area (Å²) in [5.74, 6) is 0.626. The summed E-state index contributed by atoms with van der Waals surface area (Å²) in [6.45, 7) is 2.01. The molecule has 23 heavy (non-hydrogen) atoms. The number of benzene rings is 1. The Morgan fingerprint density at radius 3 is 3.04 bits per heavy atom.